The molecule has 3 N–H and O–H groups in total. The lowest BCUT2D eigenvalue weighted by molar-refractivity contribution is -0.114. The van der Waals surface area contributed by atoms with Crippen LogP contribution in [0.4, 0.5) is 10.7 Å². The lowest BCUT2D eigenvalue weighted by atomic mass is 10.0. The quantitative estimate of drug-likeness (QED) is 0.100. The van der Waals surface area contributed by atoms with Crippen molar-refractivity contribution in [2.75, 3.05) is 16.4 Å². The Bertz CT molecular complexity index is 2180. The summed E-state index contributed by atoms with van der Waals surface area (Å²) in [5.41, 5.74) is 3.91. The van der Waals surface area contributed by atoms with E-state index in [9.17, 15) is 19.6 Å². The van der Waals surface area contributed by atoms with Gasteiger partial charge in [-0.1, -0.05) is 97.1 Å². The Balaban J connectivity index is 1.16. The highest BCUT2D eigenvalue weighted by atomic mass is 32.2. The van der Waals surface area contributed by atoms with E-state index in [-0.39, 0.29) is 17.4 Å². The van der Waals surface area contributed by atoms with Crippen molar-refractivity contribution < 1.29 is 14.4 Å². The number of fused-ring (bicyclic) bond motifs is 1. The average molecular weight is 665 g/mol. The summed E-state index contributed by atoms with van der Waals surface area (Å²) in [4.78, 5) is 40.4. The molecule has 0 saturated heterocycles. The third-order valence-electron chi connectivity index (χ3n) is 7.35. The van der Waals surface area contributed by atoms with Crippen LogP contribution in [0.25, 0.3) is 28.0 Å². The van der Waals surface area contributed by atoms with Gasteiger partial charge in [-0.2, -0.15) is 5.26 Å². The van der Waals surface area contributed by atoms with E-state index in [0.29, 0.717) is 21.8 Å². The van der Waals surface area contributed by atoms with Crippen LogP contribution in [0.5, 0.6) is 0 Å². The fourth-order valence-electron chi connectivity index (χ4n) is 5.04. The molecule has 0 unspecified atom stereocenters. The number of rotatable bonds is 10. The first-order valence-corrected chi connectivity index (χ1v) is 16.8. The number of nitrogens with one attached hydrogen (secondary N) is 3. The highest BCUT2D eigenvalue weighted by Crippen LogP contribution is 2.35. The second kappa shape index (κ2) is 15.1. The van der Waals surface area contributed by atoms with Crippen molar-refractivity contribution >= 4 is 68.4 Å². The summed E-state index contributed by atoms with van der Waals surface area (Å²) < 4.78 is 0. The van der Waals surface area contributed by atoms with Gasteiger partial charge in [0.2, 0.25) is 5.91 Å². The molecule has 0 fully saturated rings. The van der Waals surface area contributed by atoms with Gasteiger partial charge in [-0.3, -0.25) is 14.4 Å². The zero-order valence-electron chi connectivity index (χ0n) is 25.5. The zero-order valence-corrected chi connectivity index (χ0v) is 27.1. The summed E-state index contributed by atoms with van der Waals surface area (Å²) in [6, 6.07) is 41.3. The molecular formula is C39H28N4O3S2. The van der Waals surface area contributed by atoms with Crippen molar-refractivity contribution in [1.82, 2.24) is 5.32 Å². The number of carbonyl (C=O) groups is 3. The number of nitrogens with zero attached hydrogens (tertiary/aromatic N) is 1. The molecule has 1 aromatic heterocycles. The van der Waals surface area contributed by atoms with Gasteiger partial charge < -0.3 is 16.0 Å². The molecule has 48 heavy (non-hydrogen) atoms. The molecule has 9 heteroatoms. The van der Waals surface area contributed by atoms with Crippen molar-refractivity contribution in [3.63, 3.8) is 0 Å². The van der Waals surface area contributed by atoms with Crippen LogP contribution in [-0.2, 0) is 9.59 Å². The molecular weight excluding hydrogens is 637 g/mol. The maximum absolute atomic E-state index is 13.7. The van der Waals surface area contributed by atoms with Crippen LogP contribution >= 0.6 is 23.1 Å². The Labute approximate surface area is 285 Å². The van der Waals surface area contributed by atoms with E-state index in [1.165, 1.54) is 23.1 Å². The van der Waals surface area contributed by atoms with E-state index in [4.69, 9.17) is 0 Å². The Kier molecular flexibility index (Phi) is 10.1. The van der Waals surface area contributed by atoms with Crippen molar-refractivity contribution in [3.05, 3.63) is 155 Å². The third kappa shape index (κ3) is 7.70. The van der Waals surface area contributed by atoms with Crippen LogP contribution in [0.15, 0.2) is 143 Å². The molecule has 0 bridgehead atoms. The van der Waals surface area contributed by atoms with E-state index < -0.39 is 11.8 Å². The van der Waals surface area contributed by atoms with E-state index in [1.54, 1.807) is 48.5 Å². The first-order valence-electron chi connectivity index (χ1n) is 15.0. The van der Waals surface area contributed by atoms with Gasteiger partial charge in [0.05, 0.1) is 11.3 Å². The van der Waals surface area contributed by atoms with Crippen LogP contribution in [0, 0.1) is 11.3 Å². The number of anilines is 2. The number of carbonyl (C=O) groups excluding carboxylic acids is 3. The van der Waals surface area contributed by atoms with Crippen LogP contribution in [0.2, 0.25) is 0 Å². The van der Waals surface area contributed by atoms with Gasteiger partial charge >= 0.3 is 0 Å². The number of nitriles is 1. The van der Waals surface area contributed by atoms with E-state index >= 15 is 0 Å². The molecule has 0 saturated carbocycles. The third-order valence-corrected chi connectivity index (χ3v) is 9.24. The smallest absolute Gasteiger partial charge is 0.272 e. The Hall–Kier alpha value is -5.95. The second-order valence-electron chi connectivity index (χ2n) is 10.6. The van der Waals surface area contributed by atoms with Crippen molar-refractivity contribution in [3.8, 4) is 17.2 Å². The molecule has 6 aromatic rings. The lowest BCUT2D eigenvalue weighted by Gasteiger charge is -2.13. The topological polar surface area (TPSA) is 111 Å². The molecule has 0 atom stereocenters. The number of hydrogen-bond donors (Lipinski definition) is 3. The van der Waals surface area contributed by atoms with Crippen LogP contribution in [-0.4, -0.2) is 23.5 Å². The van der Waals surface area contributed by atoms with Crippen molar-refractivity contribution in [2.24, 2.45) is 0 Å². The Morgan fingerprint density at radius 3 is 2.29 bits per heavy atom. The van der Waals surface area contributed by atoms with Crippen molar-refractivity contribution in [2.45, 2.75) is 4.90 Å². The normalized spacial score (nSPS) is 11.0. The number of thiophene rings is 1. The highest BCUT2D eigenvalue weighted by molar-refractivity contribution is 8.00. The fraction of sp³-hybridized carbons (Fsp3) is 0.0256. The summed E-state index contributed by atoms with van der Waals surface area (Å²) in [6.45, 7) is 0. The lowest BCUT2D eigenvalue weighted by Crippen LogP contribution is -2.30. The number of benzene rings is 5. The number of hydrogen-bond acceptors (Lipinski definition) is 6. The summed E-state index contributed by atoms with van der Waals surface area (Å²) in [5.74, 6) is -1.06. The fourth-order valence-corrected chi connectivity index (χ4v) is 6.73. The first kappa shape index (κ1) is 32.0. The molecule has 0 radical (unpaired) electrons. The predicted molar refractivity (Wildman–Crippen MR) is 195 cm³/mol. The van der Waals surface area contributed by atoms with Gasteiger partial charge in [0.1, 0.15) is 16.8 Å². The number of amides is 3. The second-order valence-corrected chi connectivity index (χ2v) is 12.5. The first-order chi connectivity index (χ1) is 23.5. The standard InChI is InChI=1S/C39H28N4O3S2/c40-23-33-34(27-11-3-1-4-12-27)24-48-39(33)43-36(44)25-47-31-19-10-18-30(22-31)41-38(46)35(42-37(45)28-14-5-2-6-15-28)21-29-17-9-16-26-13-7-8-20-32(26)29/h1-22,24H,25H2,(H,41,46)(H,42,45)(H,43,44)/b35-21+. The Morgan fingerprint density at radius 1 is 0.792 bits per heavy atom. The molecule has 0 aliphatic carbocycles. The molecule has 0 spiro atoms. The minimum Gasteiger partial charge on any atom is -0.321 e. The SMILES string of the molecule is N#Cc1c(-c2ccccc2)csc1NC(=O)CSc1cccc(NC(=O)/C(=C\c2cccc3ccccc23)NC(=O)c2ccccc2)c1. The van der Waals surface area contributed by atoms with Gasteiger partial charge in [-0.25, -0.2) is 0 Å². The monoisotopic (exact) mass is 664 g/mol. The van der Waals surface area contributed by atoms with Gasteiger partial charge in [0.25, 0.3) is 11.8 Å². The molecule has 6 rings (SSSR count). The van der Waals surface area contributed by atoms with Crippen molar-refractivity contribution in [1.29, 1.82) is 5.26 Å². The maximum Gasteiger partial charge on any atom is 0.272 e. The van der Waals surface area contributed by atoms with Crippen LogP contribution in [0.3, 0.4) is 0 Å². The van der Waals surface area contributed by atoms with Crippen LogP contribution in [0.1, 0.15) is 21.5 Å². The molecule has 5 aromatic carbocycles. The summed E-state index contributed by atoms with van der Waals surface area (Å²) in [6.07, 6.45) is 1.67. The molecule has 1 heterocycles. The average Bonchev–Trinajstić information content (AvgIpc) is 3.53. The molecule has 0 aliphatic heterocycles. The largest absolute Gasteiger partial charge is 0.321 e. The minimum atomic E-state index is -0.497. The van der Waals surface area contributed by atoms with Gasteiger partial charge in [0.15, 0.2) is 0 Å². The van der Waals surface area contributed by atoms with E-state index in [0.717, 1.165) is 32.4 Å². The van der Waals surface area contributed by atoms with Gasteiger partial charge in [-0.05, 0) is 58.3 Å². The van der Waals surface area contributed by atoms with E-state index in [2.05, 4.69) is 22.0 Å². The van der Waals surface area contributed by atoms with Crippen LogP contribution < -0.4 is 16.0 Å². The molecule has 0 aliphatic rings. The predicted octanol–water partition coefficient (Wildman–Crippen LogP) is 8.58. The number of thioether (sulfide) groups is 1. The van der Waals surface area contributed by atoms with E-state index in [1.807, 2.05) is 90.3 Å². The van der Waals surface area contributed by atoms with Gasteiger partial charge in [-0.15, -0.1) is 23.1 Å². The Morgan fingerprint density at radius 2 is 1.50 bits per heavy atom. The van der Waals surface area contributed by atoms with Gasteiger partial charge in [0, 0.05) is 27.1 Å². The zero-order chi connectivity index (χ0) is 33.3. The maximum atomic E-state index is 13.7. The molecule has 234 valence electrons. The molecule has 7 nitrogen and oxygen atoms in total. The summed E-state index contributed by atoms with van der Waals surface area (Å²) in [5, 5.41) is 22.7. The molecule has 3 amide bonds. The highest BCUT2D eigenvalue weighted by Gasteiger charge is 2.17. The minimum absolute atomic E-state index is 0.0803. The summed E-state index contributed by atoms with van der Waals surface area (Å²) >= 11 is 2.61. The summed E-state index contributed by atoms with van der Waals surface area (Å²) in [7, 11) is 0.